The normalized spacial score (nSPS) is 8.59. The Hall–Kier alpha value is -1.17. The van der Waals surface area contributed by atoms with Gasteiger partial charge in [-0.25, -0.2) is 9.69 Å². The topological polar surface area (TPSA) is 37.8 Å². The van der Waals surface area contributed by atoms with Crippen molar-refractivity contribution >= 4 is 93.1 Å². The maximum atomic E-state index is 10.0. The fourth-order valence-electron chi connectivity index (χ4n) is 3.03. The molecule has 1 amide bonds. The third kappa shape index (κ3) is 23.0. The number of halogens is 7. The number of anilines is 1. The molecule has 12 heteroatoms. The summed E-state index contributed by atoms with van der Waals surface area (Å²) in [4.78, 5) is 16.9. The van der Waals surface area contributed by atoms with Gasteiger partial charge < -0.3 is 22.5 Å². The fourth-order valence-corrected chi connectivity index (χ4v) is 3.03. The first-order valence-corrected chi connectivity index (χ1v) is 13.8. The van der Waals surface area contributed by atoms with Crippen LogP contribution in [0.1, 0.15) is 33.4 Å². The van der Waals surface area contributed by atoms with Gasteiger partial charge in [0.05, 0.1) is 19.6 Å². The Kier molecular flexibility index (Phi) is 31.5. The molecule has 3 aromatic rings. The van der Waals surface area contributed by atoms with Crippen molar-refractivity contribution in [1.29, 1.82) is 0 Å². The molecule has 0 aliphatic heterocycles. The van der Waals surface area contributed by atoms with Gasteiger partial charge >= 0.3 is 21.1 Å². The molecule has 0 aliphatic rings. The van der Waals surface area contributed by atoms with E-state index >= 15 is 0 Å². The Morgan fingerprint density at radius 1 is 0.610 bits per heavy atom. The Morgan fingerprint density at radius 3 is 1.00 bits per heavy atom. The van der Waals surface area contributed by atoms with Crippen LogP contribution in [0.2, 0.25) is 0 Å². The van der Waals surface area contributed by atoms with Gasteiger partial charge in [-0.15, -0.1) is 16.8 Å². The van der Waals surface area contributed by atoms with E-state index in [1.807, 2.05) is 96.1 Å². The minimum atomic E-state index is -0.750. The number of hydrogen-bond donors (Lipinski definition) is 1. The Morgan fingerprint density at radius 2 is 0.829 bits per heavy atom. The van der Waals surface area contributed by atoms with E-state index in [0.29, 0.717) is 0 Å². The molecule has 0 aliphatic carbocycles. The van der Waals surface area contributed by atoms with E-state index in [-0.39, 0.29) is 33.5 Å². The number of alkyl halides is 6. The average Bonchev–Trinajstić information content (AvgIpc) is 2.82. The number of hydrogen-bond acceptors (Lipinski definition) is 1. The van der Waals surface area contributed by atoms with E-state index in [2.05, 4.69) is 15.0 Å². The zero-order chi connectivity index (χ0) is 30.5. The molecule has 0 bridgehead atoms. The molecule has 0 saturated heterocycles. The molecule has 0 spiro atoms. The number of benzene rings is 3. The number of nitrogens with one attached hydrogen (secondary N) is 1. The first-order chi connectivity index (χ1) is 18.2. The standard InChI is InChI=1S/C9H10NO.2C9H9N.2CHCl3.ClH.Pt/c1-7-4-3-5-8(2)9(7)10-6-11;2*1-7-5-4-6-8(2)9(7)10-3;2*2-1(3)4;;/h3-5H,1-2H3,(H,10,11);2*4-6H,1-2H3;2*1H;1H;/q-1;;;;;;+2/p-1. The van der Waals surface area contributed by atoms with Crippen molar-refractivity contribution in [3.05, 3.63) is 111 Å². The third-order valence-electron chi connectivity index (χ3n) is 4.76. The summed E-state index contributed by atoms with van der Waals surface area (Å²) < 4.78 is -1.50. The molecule has 41 heavy (non-hydrogen) atoms. The summed E-state index contributed by atoms with van der Waals surface area (Å²) in [5.41, 5.74) is 8.84. The summed E-state index contributed by atoms with van der Waals surface area (Å²) in [6.45, 7) is 25.4. The van der Waals surface area contributed by atoms with Crippen molar-refractivity contribution in [2.75, 3.05) is 5.32 Å². The van der Waals surface area contributed by atoms with Crippen LogP contribution in [-0.4, -0.2) is 15.0 Å². The van der Waals surface area contributed by atoms with E-state index in [1.54, 1.807) is 6.41 Å². The monoisotopic (exact) mass is 876 g/mol. The van der Waals surface area contributed by atoms with Gasteiger partial charge in [0.15, 0.2) is 20.0 Å². The maximum absolute atomic E-state index is 10.0. The van der Waals surface area contributed by atoms with Crippen molar-refractivity contribution in [2.24, 2.45) is 0 Å². The van der Waals surface area contributed by atoms with E-state index in [1.165, 1.54) is 0 Å². The van der Waals surface area contributed by atoms with Crippen LogP contribution in [0.3, 0.4) is 0 Å². The molecule has 0 atom stereocenters. The molecule has 0 radical (unpaired) electrons. The van der Waals surface area contributed by atoms with Crippen molar-refractivity contribution < 1.29 is 38.3 Å². The minimum Gasteiger partial charge on any atom is -1.00 e. The third-order valence-corrected chi connectivity index (χ3v) is 4.76. The van der Waals surface area contributed by atoms with Crippen molar-refractivity contribution in [3.8, 4) is 0 Å². The molecule has 0 unspecified atom stereocenters. The van der Waals surface area contributed by atoms with Crippen LogP contribution in [0.25, 0.3) is 9.69 Å². The summed E-state index contributed by atoms with van der Waals surface area (Å²) in [7, 11) is 0. The zero-order valence-corrected chi connectivity index (χ0v) is 30.7. The second kappa shape index (κ2) is 27.6. The van der Waals surface area contributed by atoms with Gasteiger partial charge in [-0.3, -0.25) is 0 Å². The smallest absolute Gasteiger partial charge is 1.00 e. The van der Waals surface area contributed by atoms with Gasteiger partial charge in [0, 0.05) is 0 Å². The summed E-state index contributed by atoms with van der Waals surface area (Å²) in [6, 6.07) is 17.6. The fraction of sp³-hybridized carbons (Fsp3) is 0.276. The number of para-hydroxylation sites is 3. The molecular weight excluding hydrogens is 850 g/mol. The molecule has 226 valence electrons. The SMILES string of the molecule is Cc1cccc(C)c1N[C-]=O.ClC(Cl)Cl.ClC(Cl)Cl.[C-]#[N+]c1c(C)cccc1C.[C-]#[N+]c1c(C)cccc1C.[Cl-].[Pt+2]. The summed E-state index contributed by atoms with van der Waals surface area (Å²) in [6.07, 6.45) is 1.67. The van der Waals surface area contributed by atoms with E-state index in [4.69, 9.17) is 82.7 Å². The number of rotatable bonds is 2. The Balaban J connectivity index is -0.000000217. The molecule has 0 heterocycles. The predicted molar refractivity (Wildman–Crippen MR) is 172 cm³/mol. The van der Waals surface area contributed by atoms with Gasteiger partial charge in [-0.05, 0) is 49.9 Å². The maximum Gasteiger partial charge on any atom is 2.00 e. The summed E-state index contributed by atoms with van der Waals surface area (Å²) in [5, 5.41) is 2.54. The van der Waals surface area contributed by atoms with Crippen LogP contribution in [0.15, 0.2) is 54.6 Å². The molecule has 3 rings (SSSR count). The minimum absolute atomic E-state index is 0. The molecule has 3 aromatic carbocycles. The van der Waals surface area contributed by atoms with Crippen molar-refractivity contribution in [1.82, 2.24) is 0 Å². The quantitative estimate of drug-likeness (QED) is 0.157. The van der Waals surface area contributed by atoms with E-state index in [9.17, 15) is 4.79 Å². The summed E-state index contributed by atoms with van der Waals surface area (Å²) >= 11 is 28.8. The molecule has 0 aromatic heterocycles. The van der Waals surface area contributed by atoms with Crippen LogP contribution in [0, 0.1) is 54.7 Å². The van der Waals surface area contributed by atoms with Gasteiger partial charge in [0.1, 0.15) is 0 Å². The first-order valence-electron chi connectivity index (χ1n) is 11.1. The molecule has 0 fully saturated rings. The number of nitrogens with zero attached hydrogens (tertiary/aromatic N) is 2. The van der Waals surface area contributed by atoms with Gasteiger partial charge in [-0.1, -0.05) is 138 Å². The second-order valence-corrected chi connectivity index (χ2v) is 11.7. The van der Waals surface area contributed by atoms with Gasteiger partial charge in [-0.2, -0.15) is 0 Å². The Labute approximate surface area is 295 Å². The first kappa shape index (κ1) is 46.8. The number of amides is 1. The largest absolute Gasteiger partial charge is 2.00 e. The van der Waals surface area contributed by atoms with Crippen LogP contribution in [-0.2, 0) is 25.9 Å². The molecule has 4 nitrogen and oxygen atoms in total. The predicted octanol–water partition coefficient (Wildman–Crippen LogP) is 8.47. The number of carbonyl (C=O) groups excluding carboxylic acids is 1. The van der Waals surface area contributed by atoms with Gasteiger partial charge in [0.25, 0.3) is 0 Å². The Bertz CT molecular complexity index is 1110. The van der Waals surface area contributed by atoms with Crippen LogP contribution in [0.4, 0.5) is 17.1 Å². The molecular formula is C29H30Cl7N3OPt. The molecule has 1 N–H and O–H groups in total. The average molecular weight is 880 g/mol. The number of aryl methyl sites for hydroxylation is 6. The zero-order valence-electron chi connectivity index (χ0n) is 23.1. The van der Waals surface area contributed by atoms with Crippen LogP contribution in [0.5, 0.6) is 0 Å². The van der Waals surface area contributed by atoms with Crippen molar-refractivity contribution in [3.63, 3.8) is 0 Å². The molecule has 0 saturated carbocycles. The summed E-state index contributed by atoms with van der Waals surface area (Å²) in [5.74, 6) is 0. The second-order valence-electron chi connectivity index (χ2n) is 7.69. The van der Waals surface area contributed by atoms with Crippen molar-refractivity contribution in [2.45, 2.75) is 50.1 Å². The van der Waals surface area contributed by atoms with Crippen LogP contribution >= 0.6 is 69.6 Å². The van der Waals surface area contributed by atoms with Crippen LogP contribution < -0.4 is 17.7 Å². The van der Waals surface area contributed by atoms with Gasteiger partial charge in [0.2, 0.25) is 0 Å². The van der Waals surface area contributed by atoms with E-state index in [0.717, 1.165) is 50.4 Å². The van der Waals surface area contributed by atoms with E-state index < -0.39 is 8.59 Å².